The smallest absolute Gasteiger partial charge is 0.251 e. The van der Waals surface area contributed by atoms with Crippen molar-refractivity contribution in [3.63, 3.8) is 0 Å². The van der Waals surface area contributed by atoms with Crippen LogP contribution in [-0.4, -0.2) is 13.0 Å². The molecule has 0 bridgehead atoms. The molecule has 0 saturated heterocycles. The van der Waals surface area contributed by atoms with Gasteiger partial charge in [-0.3, -0.25) is 4.79 Å². The molecule has 0 aliphatic rings. The number of benzene rings is 2. The molecular weight excluding hydrogens is 254 g/mol. The molecule has 0 heterocycles. The number of para-hydroxylation sites is 1. The third-order valence-corrected chi connectivity index (χ3v) is 2.73. The zero-order valence-electron chi connectivity index (χ0n) is 10.9. The van der Waals surface area contributed by atoms with Gasteiger partial charge in [-0.2, -0.15) is 5.26 Å². The number of nitrogens with two attached hydrogens (primary N) is 1. The molecule has 0 aliphatic carbocycles. The Morgan fingerprint density at radius 3 is 2.70 bits per heavy atom. The summed E-state index contributed by atoms with van der Waals surface area (Å²) in [6, 6.07) is 13.6. The Morgan fingerprint density at radius 2 is 2.00 bits per heavy atom. The molecule has 0 atom stereocenters. The van der Waals surface area contributed by atoms with Crippen LogP contribution in [0.15, 0.2) is 42.5 Å². The number of ether oxygens (including phenoxy) is 1. The van der Waals surface area contributed by atoms with Crippen LogP contribution in [0.1, 0.15) is 15.9 Å². The number of carbonyl (C=O) groups excluding carboxylic acids is 1. The first kappa shape index (κ1) is 13.4. The summed E-state index contributed by atoms with van der Waals surface area (Å²) in [6.07, 6.45) is 0. The summed E-state index contributed by atoms with van der Waals surface area (Å²) in [7, 11) is 1.55. The Hall–Kier alpha value is -3.00. The van der Waals surface area contributed by atoms with E-state index in [1.54, 1.807) is 49.5 Å². The monoisotopic (exact) mass is 267 g/mol. The first-order valence-electron chi connectivity index (χ1n) is 5.94. The van der Waals surface area contributed by atoms with Crippen molar-refractivity contribution in [2.75, 3.05) is 12.8 Å². The van der Waals surface area contributed by atoms with E-state index in [1.807, 2.05) is 6.07 Å². The van der Waals surface area contributed by atoms with Gasteiger partial charge in [-0.05, 0) is 30.3 Å². The molecule has 0 aliphatic heterocycles. The third kappa shape index (κ3) is 2.70. The molecule has 0 radical (unpaired) electrons. The number of hydrogen-bond acceptors (Lipinski definition) is 4. The molecule has 0 fully saturated rings. The van der Waals surface area contributed by atoms with E-state index in [0.717, 1.165) is 0 Å². The molecule has 3 N–H and O–H groups in total. The average molecular weight is 267 g/mol. The topological polar surface area (TPSA) is 88.1 Å². The predicted octanol–water partition coefficient (Wildman–Crippen LogP) is 2.29. The molecule has 1 amide bonds. The second-order valence-corrected chi connectivity index (χ2v) is 4.04. The lowest BCUT2D eigenvalue weighted by Crippen LogP contribution is -2.17. The Balaban J connectivity index is 2.38. The van der Waals surface area contributed by atoms with Gasteiger partial charge in [0.05, 0.1) is 11.3 Å². The third-order valence-electron chi connectivity index (χ3n) is 2.73. The van der Waals surface area contributed by atoms with E-state index in [9.17, 15) is 4.79 Å². The van der Waals surface area contributed by atoms with Gasteiger partial charge in [0.25, 0.3) is 5.91 Å². The second kappa shape index (κ2) is 5.76. The van der Waals surface area contributed by atoms with Gasteiger partial charge in [-0.15, -0.1) is 0 Å². The summed E-state index contributed by atoms with van der Waals surface area (Å²) in [5.41, 5.74) is 7.06. The molecule has 2 aromatic carbocycles. The Kier molecular flexibility index (Phi) is 3.87. The number of hydrogen-bond donors (Lipinski definition) is 2. The molecule has 0 unspecified atom stereocenters. The normalized spacial score (nSPS) is 9.60. The minimum absolute atomic E-state index is 0.233. The van der Waals surface area contributed by atoms with Crippen LogP contribution in [0.25, 0.3) is 0 Å². The van der Waals surface area contributed by atoms with Gasteiger partial charge in [-0.1, -0.05) is 12.1 Å². The van der Waals surface area contributed by atoms with Crippen molar-refractivity contribution < 1.29 is 9.53 Å². The van der Waals surface area contributed by atoms with E-state index >= 15 is 0 Å². The van der Waals surface area contributed by atoms with E-state index < -0.39 is 0 Å². The van der Waals surface area contributed by atoms with Gasteiger partial charge >= 0.3 is 0 Å². The summed E-state index contributed by atoms with van der Waals surface area (Å²) in [6.45, 7) is 0. The predicted molar refractivity (Wildman–Crippen MR) is 75.5 cm³/mol. The van der Waals surface area contributed by atoms with Gasteiger partial charge in [0.15, 0.2) is 5.75 Å². The van der Waals surface area contributed by atoms with Crippen LogP contribution < -0.4 is 15.8 Å². The maximum atomic E-state index is 11.6. The highest BCUT2D eigenvalue weighted by Gasteiger charge is 2.10. The van der Waals surface area contributed by atoms with Crippen molar-refractivity contribution >= 4 is 11.6 Å². The fourth-order valence-electron chi connectivity index (χ4n) is 1.67. The largest absolute Gasteiger partial charge is 0.454 e. The maximum absolute atomic E-state index is 11.6. The molecule has 20 heavy (non-hydrogen) atoms. The van der Waals surface area contributed by atoms with Crippen molar-refractivity contribution in [3.05, 3.63) is 53.6 Å². The summed E-state index contributed by atoms with van der Waals surface area (Å²) in [4.78, 5) is 11.6. The van der Waals surface area contributed by atoms with Gasteiger partial charge in [-0.25, -0.2) is 0 Å². The first-order valence-corrected chi connectivity index (χ1v) is 5.94. The molecule has 0 aromatic heterocycles. The number of carbonyl (C=O) groups is 1. The van der Waals surface area contributed by atoms with Gasteiger partial charge in [0.1, 0.15) is 11.8 Å². The molecular formula is C15H13N3O2. The molecule has 100 valence electrons. The van der Waals surface area contributed by atoms with E-state index in [-0.39, 0.29) is 5.91 Å². The number of nitriles is 1. The number of nitrogens with zero attached hydrogens (tertiary/aromatic N) is 1. The van der Waals surface area contributed by atoms with Crippen LogP contribution in [0.3, 0.4) is 0 Å². The van der Waals surface area contributed by atoms with Crippen molar-refractivity contribution in [2.24, 2.45) is 0 Å². The highest BCUT2D eigenvalue weighted by atomic mass is 16.5. The van der Waals surface area contributed by atoms with Crippen LogP contribution >= 0.6 is 0 Å². The lowest BCUT2D eigenvalue weighted by molar-refractivity contribution is 0.0963. The van der Waals surface area contributed by atoms with Crippen molar-refractivity contribution in [3.8, 4) is 17.6 Å². The quantitative estimate of drug-likeness (QED) is 0.835. The van der Waals surface area contributed by atoms with Crippen molar-refractivity contribution in [1.82, 2.24) is 5.32 Å². The summed E-state index contributed by atoms with van der Waals surface area (Å²) in [5.74, 6) is 0.507. The fourth-order valence-corrected chi connectivity index (χ4v) is 1.67. The number of nitrogen functional groups attached to an aromatic ring is 1. The highest BCUT2D eigenvalue weighted by molar-refractivity contribution is 5.95. The number of rotatable bonds is 3. The lowest BCUT2D eigenvalue weighted by Gasteiger charge is -2.11. The summed E-state index contributed by atoms with van der Waals surface area (Å²) in [5, 5.41) is 11.5. The van der Waals surface area contributed by atoms with Crippen molar-refractivity contribution in [1.29, 1.82) is 5.26 Å². The van der Waals surface area contributed by atoms with Crippen LogP contribution in [0.5, 0.6) is 11.5 Å². The van der Waals surface area contributed by atoms with E-state index in [0.29, 0.717) is 28.3 Å². The molecule has 2 aromatic rings. The highest BCUT2D eigenvalue weighted by Crippen LogP contribution is 2.30. The van der Waals surface area contributed by atoms with Crippen LogP contribution in [0, 0.1) is 11.3 Å². The van der Waals surface area contributed by atoms with E-state index in [2.05, 4.69) is 5.32 Å². The fraction of sp³-hybridized carbons (Fsp3) is 0.0667. The molecule has 0 saturated carbocycles. The first-order chi connectivity index (χ1) is 9.65. The minimum Gasteiger partial charge on any atom is -0.454 e. The summed E-state index contributed by atoms with van der Waals surface area (Å²) >= 11 is 0. The van der Waals surface area contributed by atoms with Crippen molar-refractivity contribution in [2.45, 2.75) is 0 Å². The van der Waals surface area contributed by atoms with Crippen LogP contribution in [-0.2, 0) is 0 Å². The standard InChI is InChI=1S/C15H13N3O2/c1-18-15(19)10-6-7-12(17)14(8-10)20-13-5-3-2-4-11(13)9-16/h2-8H,17H2,1H3,(H,18,19). The number of amides is 1. The lowest BCUT2D eigenvalue weighted by atomic mass is 10.1. The van der Waals surface area contributed by atoms with E-state index in [1.165, 1.54) is 0 Å². The summed E-state index contributed by atoms with van der Waals surface area (Å²) < 4.78 is 5.64. The zero-order valence-corrected chi connectivity index (χ0v) is 10.9. The minimum atomic E-state index is -0.233. The molecule has 0 spiro atoms. The zero-order chi connectivity index (χ0) is 14.5. The molecule has 2 rings (SSSR count). The van der Waals surface area contributed by atoms with Crippen LogP contribution in [0.2, 0.25) is 0 Å². The number of nitrogens with one attached hydrogen (secondary N) is 1. The molecule has 5 nitrogen and oxygen atoms in total. The Bertz CT molecular complexity index is 690. The average Bonchev–Trinajstić information content (AvgIpc) is 2.49. The SMILES string of the molecule is CNC(=O)c1ccc(N)c(Oc2ccccc2C#N)c1. The number of anilines is 1. The Morgan fingerprint density at radius 1 is 1.25 bits per heavy atom. The second-order valence-electron chi connectivity index (χ2n) is 4.04. The van der Waals surface area contributed by atoms with Gasteiger partial charge in [0.2, 0.25) is 0 Å². The van der Waals surface area contributed by atoms with E-state index in [4.69, 9.17) is 15.7 Å². The maximum Gasteiger partial charge on any atom is 0.251 e. The molecule has 5 heteroatoms. The Labute approximate surface area is 116 Å². The van der Waals surface area contributed by atoms with Gasteiger partial charge < -0.3 is 15.8 Å². The van der Waals surface area contributed by atoms with Crippen LogP contribution in [0.4, 0.5) is 5.69 Å². The van der Waals surface area contributed by atoms with Gasteiger partial charge in [0, 0.05) is 12.6 Å².